The highest BCUT2D eigenvalue weighted by Crippen LogP contribution is 2.09. The molecule has 2 nitrogen and oxygen atoms in total. The van der Waals surface area contributed by atoms with Crippen LogP contribution in [0.5, 0.6) is 0 Å². The lowest BCUT2D eigenvalue weighted by molar-refractivity contribution is -0.148. The van der Waals surface area contributed by atoms with E-state index in [9.17, 15) is 4.79 Å². The molecule has 0 radical (unpaired) electrons. The maximum atomic E-state index is 11.3. The van der Waals surface area contributed by atoms with Crippen molar-refractivity contribution in [2.45, 2.75) is 27.2 Å². The van der Waals surface area contributed by atoms with Crippen molar-refractivity contribution >= 4 is 5.97 Å². The van der Waals surface area contributed by atoms with Gasteiger partial charge in [-0.2, -0.15) is 0 Å². The van der Waals surface area contributed by atoms with Gasteiger partial charge in [0.25, 0.3) is 0 Å². The van der Waals surface area contributed by atoms with Crippen LogP contribution in [-0.4, -0.2) is 12.6 Å². The number of hydrogen-bond acceptors (Lipinski definition) is 2. The van der Waals surface area contributed by atoms with Crippen molar-refractivity contribution < 1.29 is 9.53 Å². The summed E-state index contributed by atoms with van der Waals surface area (Å²) in [5.74, 6) is 0.217. The van der Waals surface area contributed by atoms with Crippen LogP contribution < -0.4 is 0 Å². The summed E-state index contributed by atoms with van der Waals surface area (Å²) in [6.45, 7) is 6.31. The Balaban J connectivity index is 2.31. The summed E-state index contributed by atoms with van der Waals surface area (Å²) in [6.07, 6.45) is 0.951. The van der Waals surface area contributed by atoms with Gasteiger partial charge in [-0.25, -0.2) is 0 Å². The first-order valence-electron chi connectivity index (χ1n) is 5.80. The number of benzene rings is 1. The lowest BCUT2D eigenvalue weighted by Gasteiger charge is -2.13. The lowest BCUT2D eigenvalue weighted by Crippen LogP contribution is -2.17. The molecule has 0 aliphatic rings. The molecule has 2 heteroatoms. The van der Waals surface area contributed by atoms with Crippen LogP contribution in [0.4, 0.5) is 0 Å². The van der Waals surface area contributed by atoms with E-state index >= 15 is 0 Å². The van der Waals surface area contributed by atoms with Crippen molar-refractivity contribution in [3.05, 3.63) is 35.9 Å². The fourth-order valence-corrected chi connectivity index (χ4v) is 1.47. The maximum absolute atomic E-state index is 11.3. The van der Waals surface area contributed by atoms with E-state index in [4.69, 9.17) is 4.74 Å². The van der Waals surface area contributed by atoms with E-state index in [-0.39, 0.29) is 11.9 Å². The van der Waals surface area contributed by atoms with Crippen molar-refractivity contribution in [2.24, 2.45) is 11.8 Å². The Morgan fingerprint density at radius 2 is 1.81 bits per heavy atom. The molecular weight excluding hydrogens is 200 g/mol. The Kier molecular flexibility index (Phi) is 5.03. The highest BCUT2D eigenvalue weighted by atomic mass is 16.5. The number of carbonyl (C=O) groups is 1. The monoisotopic (exact) mass is 220 g/mol. The molecular formula is C14H20O2. The topological polar surface area (TPSA) is 26.3 Å². The second-order valence-electron chi connectivity index (χ2n) is 4.58. The van der Waals surface area contributed by atoms with Crippen LogP contribution in [0.1, 0.15) is 26.3 Å². The Morgan fingerprint density at radius 3 is 2.38 bits per heavy atom. The molecule has 0 bridgehead atoms. The molecule has 1 atom stereocenters. The average Bonchev–Trinajstić information content (AvgIpc) is 2.27. The van der Waals surface area contributed by atoms with Crippen molar-refractivity contribution in [1.82, 2.24) is 0 Å². The molecule has 0 aliphatic carbocycles. The zero-order valence-electron chi connectivity index (χ0n) is 10.3. The smallest absolute Gasteiger partial charge is 0.308 e. The van der Waals surface area contributed by atoms with Gasteiger partial charge in [-0.1, -0.05) is 51.1 Å². The first kappa shape index (κ1) is 12.8. The molecule has 0 saturated carbocycles. The second-order valence-corrected chi connectivity index (χ2v) is 4.58. The molecule has 0 aliphatic heterocycles. The van der Waals surface area contributed by atoms with E-state index in [0.29, 0.717) is 12.5 Å². The molecule has 1 aromatic rings. The summed E-state index contributed by atoms with van der Waals surface area (Å²) >= 11 is 0. The number of ether oxygens (including phenoxy) is 1. The molecule has 16 heavy (non-hydrogen) atoms. The van der Waals surface area contributed by atoms with E-state index < -0.39 is 0 Å². The molecule has 88 valence electrons. The molecule has 1 aromatic carbocycles. The van der Waals surface area contributed by atoms with Gasteiger partial charge in [-0.3, -0.25) is 4.79 Å². The molecule has 1 rings (SSSR count). The molecule has 0 fully saturated rings. The van der Waals surface area contributed by atoms with E-state index in [2.05, 4.69) is 19.1 Å². The first-order valence-corrected chi connectivity index (χ1v) is 5.80. The van der Waals surface area contributed by atoms with Gasteiger partial charge in [-0.05, 0) is 17.9 Å². The quantitative estimate of drug-likeness (QED) is 0.713. The second kappa shape index (κ2) is 6.31. The minimum absolute atomic E-state index is 0.0380. The van der Waals surface area contributed by atoms with Crippen molar-refractivity contribution in [3.8, 4) is 0 Å². The molecule has 1 unspecified atom stereocenters. The van der Waals surface area contributed by atoms with Crippen molar-refractivity contribution in [3.63, 3.8) is 0 Å². The van der Waals surface area contributed by atoms with E-state index in [0.717, 1.165) is 6.42 Å². The average molecular weight is 220 g/mol. The molecule has 0 N–H and O–H groups in total. The van der Waals surface area contributed by atoms with Crippen molar-refractivity contribution in [1.29, 1.82) is 0 Å². The summed E-state index contributed by atoms with van der Waals surface area (Å²) < 4.78 is 5.20. The highest BCUT2D eigenvalue weighted by molar-refractivity contribution is 5.71. The highest BCUT2D eigenvalue weighted by Gasteiger charge is 2.11. The summed E-state index contributed by atoms with van der Waals surface area (Å²) in [4.78, 5) is 11.3. The third-order valence-electron chi connectivity index (χ3n) is 2.41. The maximum Gasteiger partial charge on any atom is 0.308 e. The van der Waals surface area contributed by atoms with Crippen LogP contribution in [0.25, 0.3) is 0 Å². The van der Waals surface area contributed by atoms with E-state index in [1.165, 1.54) is 5.56 Å². The third kappa shape index (κ3) is 4.47. The standard InChI is InChI=1S/C14H20O2/c1-11(2)14(15)16-10-12(3)9-13-7-5-4-6-8-13/h4-8,11-12H,9-10H2,1-3H3. The lowest BCUT2D eigenvalue weighted by atomic mass is 10.0. The Labute approximate surface area is 97.6 Å². The fourth-order valence-electron chi connectivity index (χ4n) is 1.47. The van der Waals surface area contributed by atoms with Crippen LogP contribution in [0.3, 0.4) is 0 Å². The minimum Gasteiger partial charge on any atom is -0.465 e. The SMILES string of the molecule is CC(COC(=O)C(C)C)Cc1ccccc1. The van der Waals surface area contributed by atoms with Gasteiger partial charge < -0.3 is 4.74 Å². The normalized spacial score (nSPS) is 12.5. The van der Waals surface area contributed by atoms with Gasteiger partial charge in [-0.15, -0.1) is 0 Å². The van der Waals surface area contributed by atoms with Crippen LogP contribution in [0.2, 0.25) is 0 Å². The molecule has 0 amide bonds. The third-order valence-corrected chi connectivity index (χ3v) is 2.41. The zero-order valence-corrected chi connectivity index (χ0v) is 10.3. The van der Waals surface area contributed by atoms with Crippen LogP contribution in [0, 0.1) is 11.8 Å². The molecule has 0 saturated heterocycles. The number of hydrogen-bond donors (Lipinski definition) is 0. The Morgan fingerprint density at radius 1 is 1.19 bits per heavy atom. The predicted molar refractivity (Wildman–Crippen MR) is 65.1 cm³/mol. The van der Waals surface area contributed by atoms with Gasteiger partial charge in [0.1, 0.15) is 0 Å². The van der Waals surface area contributed by atoms with E-state index in [1.807, 2.05) is 32.0 Å². The Hall–Kier alpha value is -1.31. The summed E-state index contributed by atoms with van der Waals surface area (Å²) in [7, 11) is 0. The van der Waals surface area contributed by atoms with Gasteiger partial charge in [0, 0.05) is 0 Å². The van der Waals surface area contributed by atoms with Gasteiger partial charge in [0.2, 0.25) is 0 Å². The summed E-state index contributed by atoms with van der Waals surface area (Å²) in [5.41, 5.74) is 1.29. The van der Waals surface area contributed by atoms with Gasteiger partial charge >= 0.3 is 5.97 Å². The molecule has 0 aromatic heterocycles. The first-order chi connectivity index (χ1) is 7.59. The summed E-state index contributed by atoms with van der Waals surface area (Å²) in [6, 6.07) is 10.3. The minimum atomic E-state index is -0.111. The zero-order chi connectivity index (χ0) is 12.0. The largest absolute Gasteiger partial charge is 0.465 e. The van der Waals surface area contributed by atoms with Crippen LogP contribution in [-0.2, 0) is 16.0 Å². The predicted octanol–water partition coefficient (Wildman–Crippen LogP) is 3.06. The fraction of sp³-hybridized carbons (Fsp3) is 0.500. The summed E-state index contributed by atoms with van der Waals surface area (Å²) in [5, 5.41) is 0. The molecule has 0 spiro atoms. The van der Waals surface area contributed by atoms with E-state index in [1.54, 1.807) is 0 Å². The van der Waals surface area contributed by atoms with Gasteiger partial charge in [0.05, 0.1) is 12.5 Å². The van der Waals surface area contributed by atoms with Gasteiger partial charge in [0.15, 0.2) is 0 Å². The van der Waals surface area contributed by atoms with Crippen LogP contribution >= 0.6 is 0 Å². The number of rotatable bonds is 5. The number of carbonyl (C=O) groups excluding carboxylic acids is 1. The molecule has 0 heterocycles. The van der Waals surface area contributed by atoms with Crippen LogP contribution in [0.15, 0.2) is 30.3 Å². The Bertz CT molecular complexity index is 317. The van der Waals surface area contributed by atoms with Crippen molar-refractivity contribution in [2.75, 3.05) is 6.61 Å². The number of esters is 1.